The summed E-state index contributed by atoms with van der Waals surface area (Å²) < 4.78 is 77.7. The predicted molar refractivity (Wildman–Crippen MR) is 116 cm³/mol. The van der Waals surface area contributed by atoms with Gasteiger partial charge in [-0.1, -0.05) is 12.1 Å². The molecule has 0 saturated heterocycles. The van der Waals surface area contributed by atoms with Gasteiger partial charge in [-0.05, 0) is 37.1 Å². The number of carbonyl (C=O) groups excluding carboxylic acids is 1. The number of hydrogen-bond acceptors (Lipinski definition) is 7. The summed E-state index contributed by atoms with van der Waals surface area (Å²) >= 11 is 5.42. The molecule has 14 heteroatoms. The van der Waals surface area contributed by atoms with E-state index in [4.69, 9.17) is 21.3 Å². The molecular formula is C21H18ClF3N4O5S. The number of ether oxygens (including phenoxy) is 2. The second kappa shape index (κ2) is 9.04. The Bertz CT molecular complexity index is 1370. The van der Waals surface area contributed by atoms with Crippen LogP contribution in [0.4, 0.5) is 13.2 Å². The summed E-state index contributed by atoms with van der Waals surface area (Å²) in [6.45, 7) is -0.580. The van der Waals surface area contributed by atoms with Crippen LogP contribution in [0.5, 0.6) is 11.6 Å². The standard InChI is InChI=1S/C21H18ClF3N4O5S/c1-33-14-4-2-3-5-15(14)35(31,32)19-13(18(30)27-22)6-7-16(26-19)29-11-8-17(28-29)34-12-20(9-10-20)21(23,24)25/h2-8,11H,9-10,12H2,1H3,(H,27,30). The van der Waals surface area contributed by atoms with E-state index in [1.54, 1.807) is 6.07 Å². The van der Waals surface area contributed by atoms with E-state index >= 15 is 0 Å². The molecular weight excluding hydrogens is 513 g/mol. The summed E-state index contributed by atoms with van der Waals surface area (Å²) in [4.78, 5) is 18.0. The second-order valence-electron chi connectivity index (χ2n) is 7.77. The monoisotopic (exact) mass is 530 g/mol. The molecule has 1 amide bonds. The highest BCUT2D eigenvalue weighted by Gasteiger charge is 2.64. The number of rotatable bonds is 8. The first-order valence-corrected chi connectivity index (χ1v) is 11.9. The first-order valence-electron chi connectivity index (χ1n) is 10.1. The number of carbonyl (C=O) groups is 1. The normalized spacial score (nSPS) is 14.9. The topological polar surface area (TPSA) is 112 Å². The summed E-state index contributed by atoms with van der Waals surface area (Å²) in [5, 5.41) is 3.42. The number of nitrogens with one attached hydrogen (secondary N) is 1. The van der Waals surface area contributed by atoms with Gasteiger partial charge in [0.05, 0.1) is 12.7 Å². The number of para-hydroxylation sites is 1. The van der Waals surface area contributed by atoms with Crippen molar-refractivity contribution in [3.63, 3.8) is 0 Å². The molecule has 1 aromatic carbocycles. The van der Waals surface area contributed by atoms with Gasteiger partial charge in [-0.2, -0.15) is 13.2 Å². The molecule has 9 nitrogen and oxygen atoms in total. The SMILES string of the molecule is COc1ccccc1S(=O)(=O)c1nc(-n2ccc(OCC3(C(F)(F)F)CC3)n2)ccc1C(=O)NCl. The second-order valence-corrected chi connectivity index (χ2v) is 9.79. The molecule has 1 aliphatic rings. The summed E-state index contributed by atoms with van der Waals surface area (Å²) in [6, 6.07) is 9.59. The van der Waals surface area contributed by atoms with Crippen LogP contribution in [-0.2, 0) is 9.84 Å². The van der Waals surface area contributed by atoms with Crippen molar-refractivity contribution in [1.29, 1.82) is 0 Å². The van der Waals surface area contributed by atoms with E-state index in [1.165, 1.54) is 49.7 Å². The fraction of sp³-hybridized carbons (Fsp3) is 0.286. The van der Waals surface area contributed by atoms with Gasteiger partial charge in [-0.3, -0.25) is 9.63 Å². The van der Waals surface area contributed by atoms with Crippen LogP contribution in [0.2, 0.25) is 0 Å². The van der Waals surface area contributed by atoms with Crippen LogP contribution in [0.1, 0.15) is 23.2 Å². The third-order valence-electron chi connectivity index (χ3n) is 5.54. The Morgan fingerprint density at radius 1 is 1.20 bits per heavy atom. The Labute approximate surface area is 202 Å². The van der Waals surface area contributed by atoms with Crippen molar-refractivity contribution >= 4 is 27.5 Å². The number of benzene rings is 1. The molecule has 35 heavy (non-hydrogen) atoms. The number of alkyl halides is 3. The lowest BCUT2D eigenvalue weighted by Crippen LogP contribution is -2.30. The van der Waals surface area contributed by atoms with Crippen LogP contribution in [0.25, 0.3) is 5.82 Å². The smallest absolute Gasteiger partial charge is 0.397 e. The zero-order valence-corrected chi connectivity index (χ0v) is 19.6. The van der Waals surface area contributed by atoms with E-state index in [0.29, 0.717) is 0 Å². The van der Waals surface area contributed by atoms with Gasteiger partial charge in [-0.25, -0.2) is 18.1 Å². The first kappa shape index (κ1) is 24.8. The largest absolute Gasteiger partial charge is 0.495 e. The van der Waals surface area contributed by atoms with Crippen molar-refractivity contribution in [2.75, 3.05) is 13.7 Å². The van der Waals surface area contributed by atoms with E-state index in [-0.39, 0.29) is 40.7 Å². The third-order valence-corrected chi connectivity index (χ3v) is 7.45. The number of aromatic nitrogens is 3. The number of nitrogens with zero attached hydrogens (tertiary/aromatic N) is 3. The van der Waals surface area contributed by atoms with Crippen LogP contribution in [0.15, 0.2) is 58.6 Å². The van der Waals surface area contributed by atoms with E-state index in [0.717, 1.165) is 4.68 Å². The van der Waals surface area contributed by atoms with Crippen molar-refractivity contribution in [2.45, 2.75) is 28.9 Å². The van der Waals surface area contributed by atoms with Crippen LogP contribution >= 0.6 is 11.8 Å². The fourth-order valence-electron chi connectivity index (χ4n) is 3.32. The van der Waals surface area contributed by atoms with Gasteiger partial charge < -0.3 is 9.47 Å². The maximum absolute atomic E-state index is 13.4. The lowest BCUT2D eigenvalue weighted by Gasteiger charge is -2.18. The highest BCUT2D eigenvalue weighted by atomic mass is 35.5. The van der Waals surface area contributed by atoms with Gasteiger partial charge in [0, 0.05) is 24.0 Å². The Morgan fingerprint density at radius 3 is 2.54 bits per heavy atom. The number of amides is 1. The van der Waals surface area contributed by atoms with Gasteiger partial charge in [-0.15, -0.1) is 5.10 Å². The van der Waals surface area contributed by atoms with Gasteiger partial charge in [0.25, 0.3) is 5.91 Å². The lowest BCUT2D eigenvalue weighted by molar-refractivity contribution is -0.194. The molecule has 186 valence electrons. The molecule has 4 rings (SSSR count). The summed E-state index contributed by atoms with van der Waals surface area (Å²) in [6.07, 6.45) is -3.08. The Balaban J connectivity index is 1.70. The number of hydrogen-bond donors (Lipinski definition) is 1. The molecule has 0 atom stereocenters. The molecule has 3 aromatic rings. The number of sulfone groups is 1. The Kier molecular flexibility index (Phi) is 6.40. The Hall–Kier alpha value is -3.32. The summed E-state index contributed by atoms with van der Waals surface area (Å²) in [7, 11) is -3.09. The van der Waals surface area contributed by atoms with E-state index in [9.17, 15) is 26.4 Å². The minimum Gasteiger partial charge on any atom is -0.495 e. The molecule has 2 aromatic heterocycles. The van der Waals surface area contributed by atoms with Crippen molar-refractivity contribution in [1.82, 2.24) is 19.6 Å². The maximum atomic E-state index is 13.4. The third kappa shape index (κ3) is 4.65. The van der Waals surface area contributed by atoms with Gasteiger partial charge in [0.15, 0.2) is 10.8 Å². The van der Waals surface area contributed by atoms with E-state index in [2.05, 4.69) is 10.1 Å². The highest BCUT2D eigenvalue weighted by Crippen LogP contribution is 2.57. The molecule has 1 N–H and O–H groups in total. The number of pyridine rings is 1. The lowest BCUT2D eigenvalue weighted by atomic mass is 10.1. The Morgan fingerprint density at radius 2 is 1.91 bits per heavy atom. The van der Waals surface area contributed by atoms with Crippen molar-refractivity contribution in [2.24, 2.45) is 5.41 Å². The first-order chi connectivity index (χ1) is 16.5. The van der Waals surface area contributed by atoms with Gasteiger partial charge in [0.2, 0.25) is 15.7 Å². The molecule has 0 spiro atoms. The van der Waals surface area contributed by atoms with Gasteiger partial charge in [0.1, 0.15) is 22.7 Å². The summed E-state index contributed by atoms with van der Waals surface area (Å²) in [5.41, 5.74) is -2.21. The van der Waals surface area contributed by atoms with Gasteiger partial charge >= 0.3 is 6.18 Å². The molecule has 1 aliphatic carbocycles. The van der Waals surface area contributed by atoms with E-state index < -0.39 is 39.0 Å². The van der Waals surface area contributed by atoms with Crippen molar-refractivity contribution < 1.29 is 35.9 Å². The number of methoxy groups -OCH3 is 1. The zero-order valence-electron chi connectivity index (χ0n) is 18.0. The fourth-order valence-corrected chi connectivity index (χ4v) is 4.96. The van der Waals surface area contributed by atoms with E-state index in [1.807, 2.05) is 4.84 Å². The zero-order chi connectivity index (χ0) is 25.4. The van der Waals surface area contributed by atoms with Crippen LogP contribution in [-0.4, -0.2) is 49.0 Å². The number of halogens is 4. The molecule has 1 fully saturated rings. The van der Waals surface area contributed by atoms with Crippen molar-refractivity contribution in [3.8, 4) is 17.4 Å². The van der Waals surface area contributed by atoms with Crippen LogP contribution in [0.3, 0.4) is 0 Å². The maximum Gasteiger partial charge on any atom is 0.397 e. The quantitative estimate of drug-likeness (QED) is 0.442. The predicted octanol–water partition coefficient (Wildman–Crippen LogP) is 3.71. The minimum absolute atomic E-state index is 0.0208. The molecule has 0 bridgehead atoms. The van der Waals surface area contributed by atoms with Crippen LogP contribution in [0, 0.1) is 5.41 Å². The highest BCUT2D eigenvalue weighted by molar-refractivity contribution is 7.91. The van der Waals surface area contributed by atoms with Crippen molar-refractivity contribution in [3.05, 3.63) is 54.2 Å². The minimum atomic E-state index is -4.38. The molecule has 0 radical (unpaired) electrons. The average molecular weight is 531 g/mol. The summed E-state index contributed by atoms with van der Waals surface area (Å²) in [5.74, 6) is -1.01. The molecule has 2 heterocycles. The molecule has 0 aliphatic heterocycles. The average Bonchev–Trinajstić information content (AvgIpc) is 3.52. The molecule has 0 unspecified atom stereocenters. The molecule has 1 saturated carbocycles. The van der Waals surface area contributed by atoms with Crippen LogP contribution < -0.4 is 14.3 Å².